The molecule has 6 heteroatoms. The first kappa shape index (κ1) is 15.8. The van der Waals surface area contributed by atoms with E-state index in [0.717, 1.165) is 10.0 Å². The highest BCUT2D eigenvalue weighted by Crippen LogP contribution is 2.22. The predicted molar refractivity (Wildman–Crippen MR) is 88.9 cm³/mol. The third-order valence-corrected chi connectivity index (χ3v) is 3.64. The number of aromatic nitrogens is 1. The van der Waals surface area contributed by atoms with Crippen LogP contribution in [0.2, 0.25) is 5.02 Å². The van der Waals surface area contributed by atoms with Gasteiger partial charge in [0, 0.05) is 24.8 Å². The summed E-state index contributed by atoms with van der Waals surface area (Å²) >= 11 is 9.20. The van der Waals surface area contributed by atoms with E-state index in [-0.39, 0.29) is 5.91 Å². The smallest absolute Gasteiger partial charge is 0.251 e. The van der Waals surface area contributed by atoms with Crippen LogP contribution in [0.5, 0.6) is 0 Å². The lowest BCUT2D eigenvalue weighted by molar-refractivity contribution is 0.0955. The molecular weight excluding hydrogens is 354 g/mol. The molecule has 0 aliphatic rings. The first-order chi connectivity index (χ1) is 10.1. The molecule has 0 radical (unpaired) electrons. The second kappa shape index (κ2) is 7.43. The third-order valence-electron chi connectivity index (χ3n) is 2.82. The quantitative estimate of drug-likeness (QED) is 0.792. The lowest BCUT2D eigenvalue weighted by Gasteiger charge is -2.09. The van der Waals surface area contributed by atoms with Crippen LogP contribution >= 0.6 is 27.5 Å². The minimum absolute atomic E-state index is 0.0834. The Hall–Kier alpha value is -1.59. The Morgan fingerprint density at radius 1 is 1.29 bits per heavy atom. The van der Waals surface area contributed by atoms with E-state index in [0.29, 0.717) is 29.5 Å². The number of carbonyl (C=O) groups is 1. The Labute approximate surface area is 137 Å². The zero-order valence-corrected chi connectivity index (χ0v) is 13.8. The van der Waals surface area contributed by atoms with Gasteiger partial charge in [-0.25, -0.2) is 4.98 Å². The van der Waals surface area contributed by atoms with E-state index in [4.69, 9.17) is 11.6 Å². The molecule has 0 atom stereocenters. The van der Waals surface area contributed by atoms with E-state index in [2.05, 4.69) is 31.5 Å². The summed E-state index contributed by atoms with van der Waals surface area (Å²) < 4.78 is 0.792. The van der Waals surface area contributed by atoms with Crippen LogP contribution < -0.4 is 10.6 Å². The van der Waals surface area contributed by atoms with E-state index in [1.54, 1.807) is 12.3 Å². The van der Waals surface area contributed by atoms with Gasteiger partial charge in [-0.3, -0.25) is 4.79 Å². The van der Waals surface area contributed by atoms with Crippen molar-refractivity contribution in [1.82, 2.24) is 10.3 Å². The molecule has 2 aromatic rings. The van der Waals surface area contributed by atoms with Gasteiger partial charge in [0.2, 0.25) is 0 Å². The average Bonchev–Trinajstić information content (AvgIpc) is 2.46. The lowest BCUT2D eigenvalue weighted by Crippen LogP contribution is -2.28. The monoisotopic (exact) mass is 367 g/mol. The number of hydrogen-bond donors (Lipinski definition) is 2. The van der Waals surface area contributed by atoms with Crippen LogP contribution in [0.4, 0.5) is 5.82 Å². The molecule has 0 aliphatic heterocycles. The fourth-order valence-corrected chi connectivity index (χ4v) is 2.49. The number of halogens is 2. The number of benzene rings is 1. The molecule has 4 nitrogen and oxygen atoms in total. The van der Waals surface area contributed by atoms with Crippen LogP contribution in [-0.4, -0.2) is 24.0 Å². The summed E-state index contributed by atoms with van der Waals surface area (Å²) in [6.45, 7) is 3.07. The number of carbonyl (C=O) groups excluding carboxylic acids is 1. The Morgan fingerprint density at radius 3 is 2.67 bits per heavy atom. The molecule has 21 heavy (non-hydrogen) atoms. The minimum atomic E-state index is -0.0834. The van der Waals surface area contributed by atoms with E-state index >= 15 is 0 Å². The Bertz CT molecular complexity index is 631. The van der Waals surface area contributed by atoms with Crippen LogP contribution in [0.15, 0.2) is 41.0 Å². The summed E-state index contributed by atoms with van der Waals surface area (Å²) in [5.41, 5.74) is 1.79. The first-order valence-electron chi connectivity index (χ1n) is 6.46. The Balaban J connectivity index is 1.79. The van der Waals surface area contributed by atoms with Gasteiger partial charge >= 0.3 is 0 Å². The Kier molecular flexibility index (Phi) is 5.59. The highest BCUT2D eigenvalue weighted by molar-refractivity contribution is 9.10. The largest absolute Gasteiger partial charge is 0.367 e. The van der Waals surface area contributed by atoms with Gasteiger partial charge in [-0.15, -0.1) is 0 Å². The summed E-state index contributed by atoms with van der Waals surface area (Å²) in [6, 6.07) is 9.23. The van der Waals surface area contributed by atoms with Crippen LogP contribution in [0.3, 0.4) is 0 Å². The highest BCUT2D eigenvalue weighted by atomic mass is 79.9. The maximum Gasteiger partial charge on any atom is 0.251 e. The normalized spacial score (nSPS) is 10.2. The van der Waals surface area contributed by atoms with Crippen LogP contribution in [0, 0.1) is 6.92 Å². The zero-order valence-electron chi connectivity index (χ0n) is 11.5. The van der Waals surface area contributed by atoms with Gasteiger partial charge in [-0.05, 0) is 41.1 Å². The molecule has 0 saturated carbocycles. The molecule has 1 amide bonds. The van der Waals surface area contributed by atoms with E-state index in [1.807, 2.05) is 31.2 Å². The molecule has 0 fully saturated rings. The van der Waals surface area contributed by atoms with Crippen LogP contribution in [0.1, 0.15) is 15.9 Å². The predicted octanol–water partition coefficient (Wildman–Crippen LogP) is 3.65. The number of pyridine rings is 1. The molecule has 0 spiro atoms. The number of aryl methyl sites for hydroxylation is 1. The molecule has 110 valence electrons. The van der Waals surface area contributed by atoms with Crippen molar-refractivity contribution in [2.75, 3.05) is 18.4 Å². The summed E-state index contributed by atoms with van der Waals surface area (Å²) in [7, 11) is 0. The fourth-order valence-electron chi connectivity index (χ4n) is 1.71. The standard InChI is InChI=1S/C15H15BrClN3O/c1-10-2-4-11(5-3-10)15(21)19-7-6-18-14-13(16)8-12(17)9-20-14/h2-5,8-9H,6-7H2,1H3,(H,18,20)(H,19,21). The van der Waals surface area contributed by atoms with Crippen LogP contribution in [0.25, 0.3) is 0 Å². The van der Waals surface area contributed by atoms with Gasteiger partial charge in [0.1, 0.15) is 5.82 Å². The van der Waals surface area contributed by atoms with Crippen LogP contribution in [-0.2, 0) is 0 Å². The van der Waals surface area contributed by atoms with Gasteiger partial charge in [0.15, 0.2) is 0 Å². The number of nitrogens with zero attached hydrogens (tertiary/aromatic N) is 1. The molecule has 1 heterocycles. The number of rotatable bonds is 5. The summed E-state index contributed by atoms with van der Waals surface area (Å²) in [5, 5.41) is 6.54. The van der Waals surface area contributed by atoms with E-state index in [1.165, 1.54) is 0 Å². The summed E-state index contributed by atoms with van der Waals surface area (Å²) in [5.74, 6) is 0.615. The number of hydrogen-bond acceptors (Lipinski definition) is 3. The number of anilines is 1. The molecular formula is C15H15BrClN3O. The molecule has 0 unspecified atom stereocenters. The molecule has 1 aromatic heterocycles. The topological polar surface area (TPSA) is 54.0 Å². The van der Waals surface area contributed by atoms with Crippen molar-refractivity contribution < 1.29 is 4.79 Å². The summed E-state index contributed by atoms with van der Waals surface area (Å²) in [4.78, 5) is 16.1. The minimum Gasteiger partial charge on any atom is -0.367 e. The molecule has 0 saturated heterocycles. The fraction of sp³-hybridized carbons (Fsp3) is 0.200. The number of nitrogens with one attached hydrogen (secondary N) is 2. The van der Waals surface area contributed by atoms with E-state index in [9.17, 15) is 4.79 Å². The van der Waals surface area contributed by atoms with Gasteiger partial charge in [0.05, 0.1) is 9.50 Å². The van der Waals surface area contributed by atoms with Gasteiger partial charge in [-0.1, -0.05) is 29.3 Å². The highest BCUT2D eigenvalue weighted by Gasteiger charge is 2.05. The van der Waals surface area contributed by atoms with Crippen molar-refractivity contribution in [3.8, 4) is 0 Å². The van der Waals surface area contributed by atoms with Crippen molar-refractivity contribution in [3.63, 3.8) is 0 Å². The lowest BCUT2D eigenvalue weighted by atomic mass is 10.1. The van der Waals surface area contributed by atoms with E-state index < -0.39 is 0 Å². The SMILES string of the molecule is Cc1ccc(C(=O)NCCNc2ncc(Cl)cc2Br)cc1. The molecule has 1 aromatic carbocycles. The molecule has 2 N–H and O–H groups in total. The second-order valence-electron chi connectivity index (χ2n) is 4.53. The average molecular weight is 369 g/mol. The van der Waals surface area contributed by atoms with Crippen molar-refractivity contribution in [3.05, 3.63) is 57.2 Å². The van der Waals surface area contributed by atoms with Crippen molar-refractivity contribution in [1.29, 1.82) is 0 Å². The zero-order chi connectivity index (χ0) is 15.2. The van der Waals surface area contributed by atoms with Crippen molar-refractivity contribution in [2.24, 2.45) is 0 Å². The Morgan fingerprint density at radius 2 is 2.00 bits per heavy atom. The van der Waals surface area contributed by atoms with Crippen molar-refractivity contribution in [2.45, 2.75) is 6.92 Å². The molecule has 0 aliphatic carbocycles. The van der Waals surface area contributed by atoms with Gasteiger partial charge in [0.25, 0.3) is 5.91 Å². The summed E-state index contributed by atoms with van der Waals surface area (Å²) in [6.07, 6.45) is 1.57. The molecule has 2 rings (SSSR count). The van der Waals surface area contributed by atoms with Gasteiger partial charge in [-0.2, -0.15) is 0 Å². The maximum atomic E-state index is 11.9. The third kappa shape index (κ3) is 4.72. The second-order valence-corrected chi connectivity index (χ2v) is 5.82. The van der Waals surface area contributed by atoms with Crippen molar-refractivity contribution >= 4 is 39.3 Å². The maximum absolute atomic E-state index is 11.9. The first-order valence-corrected chi connectivity index (χ1v) is 7.63. The van der Waals surface area contributed by atoms with Gasteiger partial charge < -0.3 is 10.6 Å². The number of amides is 1. The molecule has 0 bridgehead atoms.